The molecule has 1 N–H and O–H groups in total. The first kappa shape index (κ1) is 16.2. The van der Waals surface area contributed by atoms with Crippen molar-refractivity contribution in [3.8, 4) is 5.75 Å². The van der Waals surface area contributed by atoms with Crippen molar-refractivity contribution in [2.45, 2.75) is 39.3 Å². The van der Waals surface area contributed by atoms with Crippen LogP contribution in [-0.2, 0) is 6.54 Å². The van der Waals surface area contributed by atoms with Crippen LogP contribution in [0.4, 0.5) is 4.39 Å². The Morgan fingerprint density at radius 1 is 1.33 bits per heavy atom. The second-order valence-corrected chi connectivity index (χ2v) is 6.15. The van der Waals surface area contributed by atoms with Crippen molar-refractivity contribution in [1.29, 1.82) is 0 Å². The highest BCUT2D eigenvalue weighted by Crippen LogP contribution is 2.23. The lowest BCUT2D eigenvalue weighted by atomic mass is 9.96. The first-order valence-electron chi connectivity index (χ1n) is 7.88. The van der Waals surface area contributed by atoms with Crippen LogP contribution in [0.15, 0.2) is 18.2 Å². The molecule has 0 unspecified atom stereocenters. The van der Waals surface area contributed by atoms with Gasteiger partial charge in [0.05, 0.1) is 7.11 Å². The lowest BCUT2D eigenvalue weighted by Gasteiger charge is -2.33. The molecule has 0 radical (unpaired) electrons. The van der Waals surface area contributed by atoms with Crippen LogP contribution >= 0.6 is 0 Å². The number of hydrogen-bond acceptors (Lipinski definition) is 3. The predicted molar refractivity (Wildman–Crippen MR) is 84.1 cm³/mol. The van der Waals surface area contributed by atoms with E-state index in [0.29, 0.717) is 24.3 Å². The molecule has 1 aliphatic heterocycles. The Hall–Kier alpha value is -1.13. The molecule has 1 aromatic rings. The molecular formula is C17H27FN2O. The molecule has 21 heavy (non-hydrogen) atoms. The predicted octanol–water partition coefficient (Wildman–Crippen LogP) is 3.04. The van der Waals surface area contributed by atoms with Gasteiger partial charge in [0.2, 0.25) is 0 Å². The zero-order valence-electron chi connectivity index (χ0n) is 13.4. The minimum absolute atomic E-state index is 0.226. The number of nitrogens with one attached hydrogen (secondary N) is 1. The fourth-order valence-electron chi connectivity index (χ4n) is 2.91. The van der Waals surface area contributed by atoms with Crippen LogP contribution in [-0.4, -0.2) is 37.7 Å². The standard InChI is InChI=1S/C17H27FN2O/c1-13(2)20(11-14-7-9-19-10-8-14)12-15-5-4-6-16(21-3)17(15)18/h4-6,13-14,19H,7-12H2,1-3H3. The van der Waals surface area contributed by atoms with Crippen LogP contribution in [0.1, 0.15) is 32.3 Å². The molecule has 0 bridgehead atoms. The Morgan fingerprint density at radius 3 is 2.67 bits per heavy atom. The molecular weight excluding hydrogens is 267 g/mol. The van der Waals surface area contributed by atoms with Gasteiger partial charge in [-0.25, -0.2) is 4.39 Å². The van der Waals surface area contributed by atoms with Gasteiger partial charge in [0.1, 0.15) is 0 Å². The van der Waals surface area contributed by atoms with E-state index in [0.717, 1.165) is 25.2 Å². The Bertz CT molecular complexity index is 444. The molecule has 2 rings (SSSR count). The third-order valence-electron chi connectivity index (χ3n) is 4.32. The summed E-state index contributed by atoms with van der Waals surface area (Å²) in [6.45, 7) is 8.24. The number of halogens is 1. The van der Waals surface area contributed by atoms with E-state index in [-0.39, 0.29) is 5.82 Å². The number of rotatable bonds is 6. The summed E-state index contributed by atoms with van der Waals surface area (Å²) >= 11 is 0. The quantitative estimate of drug-likeness (QED) is 0.873. The summed E-state index contributed by atoms with van der Waals surface area (Å²) in [6.07, 6.45) is 2.42. The fourth-order valence-corrected chi connectivity index (χ4v) is 2.91. The first-order chi connectivity index (χ1) is 10.1. The van der Waals surface area contributed by atoms with Gasteiger partial charge < -0.3 is 10.1 Å². The summed E-state index contributed by atoms with van der Waals surface area (Å²) in [6, 6.07) is 5.80. The van der Waals surface area contributed by atoms with Gasteiger partial charge in [-0.05, 0) is 51.8 Å². The molecule has 1 heterocycles. The summed E-state index contributed by atoms with van der Waals surface area (Å²) in [5.74, 6) is 0.816. The summed E-state index contributed by atoms with van der Waals surface area (Å²) in [4.78, 5) is 2.37. The van der Waals surface area contributed by atoms with Gasteiger partial charge in [0.25, 0.3) is 0 Å². The van der Waals surface area contributed by atoms with Gasteiger partial charge in [0.15, 0.2) is 11.6 Å². The first-order valence-corrected chi connectivity index (χ1v) is 7.88. The van der Waals surface area contributed by atoms with Crippen molar-refractivity contribution in [2.24, 2.45) is 5.92 Å². The number of piperidine rings is 1. The second kappa shape index (κ2) is 7.76. The van der Waals surface area contributed by atoms with Crippen LogP contribution < -0.4 is 10.1 Å². The molecule has 0 amide bonds. The highest BCUT2D eigenvalue weighted by Gasteiger charge is 2.20. The van der Waals surface area contributed by atoms with Crippen molar-refractivity contribution >= 4 is 0 Å². The summed E-state index contributed by atoms with van der Waals surface area (Å²) in [5.41, 5.74) is 0.719. The van der Waals surface area contributed by atoms with Gasteiger partial charge >= 0.3 is 0 Å². The fraction of sp³-hybridized carbons (Fsp3) is 0.647. The average Bonchev–Trinajstić information content (AvgIpc) is 2.49. The smallest absolute Gasteiger partial charge is 0.169 e. The maximum Gasteiger partial charge on any atom is 0.169 e. The summed E-state index contributed by atoms with van der Waals surface area (Å²) < 4.78 is 19.4. The Balaban J connectivity index is 2.05. The van der Waals surface area contributed by atoms with E-state index in [1.165, 1.54) is 20.0 Å². The monoisotopic (exact) mass is 294 g/mol. The lowest BCUT2D eigenvalue weighted by Crippen LogP contribution is -2.39. The maximum atomic E-state index is 14.3. The number of ether oxygens (including phenoxy) is 1. The molecule has 0 aliphatic carbocycles. The highest BCUT2D eigenvalue weighted by molar-refractivity contribution is 5.31. The molecule has 0 spiro atoms. The van der Waals surface area contributed by atoms with Gasteiger partial charge in [-0.3, -0.25) is 4.90 Å². The van der Waals surface area contributed by atoms with Crippen LogP contribution in [0.25, 0.3) is 0 Å². The number of nitrogens with zero attached hydrogens (tertiary/aromatic N) is 1. The minimum atomic E-state index is -0.226. The number of methoxy groups -OCH3 is 1. The van der Waals surface area contributed by atoms with E-state index in [1.54, 1.807) is 6.07 Å². The molecule has 1 fully saturated rings. The van der Waals surface area contributed by atoms with Crippen LogP contribution in [0, 0.1) is 11.7 Å². The zero-order valence-corrected chi connectivity index (χ0v) is 13.4. The molecule has 1 saturated heterocycles. The van der Waals surface area contributed by atoms with Gasteiger partial charge in [-0.1, -0.05) is 12.1 Å². The number of benzene rings is 1. The van der Waals surface area contributed by atoms with E-state index < -0.39 is 0 Å². The van der Waals surface area contributed by atoms with Crippen LogP contribution in [0.2, 0.25) is 0 Å². The third kappa shape index (κ3) is 4.42. The third-order valence-corrected chi connectivity index (χ3v) is 4.32. The van der Waals surface area contributed by atoms with Crippen molar-refractivity contribution in [3.63, 3.8) is 0 Å². The summed E-state index contributed by atoms with van der Waals surface area (Å²) in [5, 5.41) is 3.40. The molecule has 118 valence electrons. The van der Waals surface area contributed by atoms with Gasteiger partial charge in [-0.15, -0.1) is 0 Å². The van der Waals surface area contributed by atoms with Crippen molar-refractivity contribution < 1.29 is 9.13 Å². The zero-order chi connectivity index (χ0) is 15.2. The highest BCUT2D eigenvalue weighted by atomic mass is 19.1. The van der Waals surface area contributed by atoms with Crippen molar-refractivity contribution in [3.05, 3.63) is 29.6 Å². The topological polar surface area (TPSA) is 24.5 Å². The normalized spacial score (nSPS) is 16.7. The van der Waals surface area contributed by atoms with Gasteiger partial charge in [0, 0.05) is 24.7 Å². The van der Waals surface area contributed by atoms with E-state index in [4.69, 9.17) is 4.74 Å². The van der Waals surface area contributed by atoms with Gasteiger partial charge in [-0.2, -0.15) is 0 Å². The lowest BCUT2D eigenvalue weighted by molar-refractivity contribution is 0.159. The largest absolute Gasteiger partial charge is 0.494 e. The SMILES string of the molecule is COc1cccc(CN(CC2CCNCC2)C(C)C)c1F. The summed E-state index contributed by atoms with van der Waals surface area (Å²) in [7, 11) is 1.51. The molecule has 3 nitrogen and oxygen atoms in total. The van der Waals surface area contributed by atoms with E-state index >= 15 is 0 Å². The van der Waals surface area contributed by atoms with E-state index in [1.807, 2.05) is 12.1 Å². The molecule has 1 aromatic carbocycles. The molecule has 0 atom stereocenters. The second-order valence-electron chi connectivity index (χ2n) is 6.15. The van der Waals surface area contributed by atoms with E-state index in [2.05, 4.69) is 24.1 Å². The minimum Gasteiger partial charge on any atom is -0.494 e. The van der Waals surface area contributed by atoms with Crippen LogP contribution in [0.3, 0.4) is 0 Å². The molecule has 1 aliphatic rings. The Labute approximate surface area is 127 Å². The average molecular weight is 294 g/mol. The molecule has 0 aromatic heterocycles. The molecule has 0 saturated carbocycles. The Kier molecular flexibility index (Phi) is 6.00. The maximum absolute atomic E-state index is 14.3. The van der Waals surface area contributed by atoms with E-state index in [9.17, 15) is 4.39 Å². The van der Waals surface area contributed by atoms with Crippen molar-refractivity contribution in [2.75, 3.05) is 26.7 Å². The van der Waals surface area contributed by atoms with Crippen molar-refractivity contribution in [1.82, 2.24) is 10.2 Å². The molecule has 4 heteroatoms. The van der Waals surface area contributed by atoms with Crippen LogP contribution in [0.5, 0.6) is 5.75 Å². The number of hydrogen-bond donors (Lipinski definition) is 1. The Morgan fingerprint density at radius 2 is 2.05 bits per heavy atom.